The van der Waals surface area contributed by atoms with E-state index in [4.69, 9.17) is 10.4 Å². The van der Waals surface area contributed by atoms with Crippen LogP contribution in [0, 0.1) is 10.4 Å². The number of ether oxygens (including phenoxy) is 1. The molecule has 0 aliphatic rings. The van der Waals surface area contributed by atoms with Gasteiger partial charge in [-0.1, -0.05) is 0 Å². The Morgan fingerprint density at radius 2 is 1.80 bits per heavy atom. The van der Waals surface area contributed by atoms with Crippen molar-refractivity contribution in [1.82, 2.24) is 0 Å². The maximum absolute atomic E-state index is 10.7. The lowest BCUT2D eigenvalue weighted by Gasteiger charge is -2.18. The van der Waals surface area contributed by atoms with Gasteiger partial charge in [-0.05, 0) is 0 Å². The second kappa shape index (κ2) is 4.40. The van der Waals surface area contributed by atoms with Crippen LogP contribution in [0.3, 0.4) is 0 Å². The zero-order valence-electron chi connectivity index (χ0n) is 7.72. The molecule has 0 radical (unpaired) electrons. The average molecular weight is 218 g/mol. The van der Waals surface area contributed by atoms with Crippen molar-refractivity contribution in [3.63, 3.8) is 0 Å². The Hall–Kier alpha value is -1.42. The van der Waals surface area contributed by atoms with Gasteiger partial charge in [-0.15, -0.1) is 0 Å². The zero-order chi connectivity index (χ0) is 11.6. The lowest BCUT2D eigenvalue weighted by Crippen LogP contribution is -3.00. The molecule has 0 aromatic heterocycles. The summed E-state index contributed by atoms with van der Waals surface area (Å²) < 4.78 is 4.65. The predicted molar refractivity (Wildman–Crippen MR) is 46.2 cm³/mol. The standard InChI is InChI=1S/C7H10N2O6/c1-15-7-5(9(13)14)2-4(8(11)12)3-6(7)10/h2-3,8-11,13H,1H3. The van der Waals surface area contributed by atoms with Crippen molar-refractivity contribution in [2.45, 2.75) is 0 Å². The molecule has 0 heterocycles. The maximum atomic E-state index is 10.7. The van der Waals surface area contributed by atoms with E-state index in [0.717, 1.165) is 12.1 Å². The number of hydrogen-bond donors (Lipinski definition) is 5. The highest BCUT2D eigenvalue weighted by molar-refractivity contribution is 5.60. The molecule has 0 saturated carbocycles. The fourth-order valence-electron chi connectivity index (χ4n) is 1.11. The van der Waals surface area contributed by atoms with E-state index in [1.807, 2.05) is 0 Å². The Balaban J connectivity index is 3.32. The van der Waals surface area contributed by atoms with Gasteiger partial charge in [0.05, 0.1) is 13.2 Å². The van der Waals surface area contributed by atoms with Gasteiger partial charge in [-0.3, -0.25) is 0 Å². The van der Waals surface area contributed by atoms with Crippen molar-refractivity contribution in [1.29, 1.82) is 0 Å². The van der Waals surface area contributed by atoms with Crippen LogP contribution in [0.5, 0.6) is 11.5 Å². The van der Waals surface area contributed by atoms with E-state index in [1.54, 1.807) is 0 Å². The minimum absolute atomic E-state index is 0.257. The molecule has 0 spiro atoms. The summed E-state index contributed by atoms with van der Waals surface area (Å²) >= 11 is 0. The van der Waals surface area contributed by atoms with Crippen LogP contribution < -0.4 is 15.2 Å². The van der Waals surface area contributed by atoms with Crippen molar-refractivity contribution in [3.05, 3.63) is 22.5 Å². The lowest BCUT2D eigenvalue weighted by molar-refractivity contribution is -0.996. The fraction of sp³-hybridized carbons (Fsp3) is 0.143. The molecule has 1 aromatic rings. The Kier molecular flexibility index (Phi) is 3.42. The van der Waals surface area contributed by atoms with Crippen LogP contribution in [0.4, 0.5) is 11.4 Å². The SMILES string of the molecule is COc1c(O)cc([NH+]([O-])O)cc1[NH+]([O-])O. The monoisotopic (exact) mass is 218 g/mol. The smallest absolute Gasteiger partial charge is 0.226 e. The third kappa shape index (κ3) is 2.33. The van der Waals surface area contributed by atoms with Gasteiger partial charge >= 0.3 is 0 Å². The minimum atomic E-state index is -1.37. The summed E-state index contributed by atoms with van der Waals surface area (Å²) in [5.74, 6) is -0.776. The summed E-state index contributed by atoms with van der Waals surface area (Å²) in [6.07, 6.45) is 0. The molecule has 0 aliphatic carbocycles. The van der Waals surface area contributed by atoms with Crippen molar-refractivity contribution in [2.24, 2.45) is 0 Å². The second-order valence-corrected chi connectivity index (χ2v) is 2.69. The van der Waals surface area contributed by atoms with Crippen LogP contribution >= 0.6 is 0 Å². The van der Waals surface area contributed by atoms with Gasteiger partial charge < -0.3 is 20.3 Å². The van der Waals surface area contributed by atoms with Gasteiger partial charge in [-0.2, -0.15) is 10.5 Å². The van der Waals surface area contributed by atoms with Gasteiger partial charge in [0.25, 0.3) is 0 Å². The first-order valence-electron chi connectivity index (χ1n) is 3.85. The van der Waals surface area contributed by atoms with Crippen LogP contribution in [-0.2, 0) is 0 Å². The zero-order valence-corrected chi connectivity index (χ0v) is 7.72. The number of phenolic OH excluding ortho intramolecular Hbond substituents is 1. The molecule has 0 fully saturated rings. The molecule has 5 N–H and O–H groups in total. The van der Waals surface area contributed by atoms with Gasteiger partial charge in [0.2, 0.25) is 11.4 Å². The average Bonchev–Trinajstić information content (AvgIpc) is 2.16. The van der Waals surface area contributed by atoms with E-state index < -0.39 is 21.9 Å². The number of methoxy groups -OCH3 is 1. The third-order valence-electron chi connectivity index (χ3n) is 1.75. The molecular weight excluding hydrogens is 208 g/mol. The van der Waals surface area contributed by atoms with E-state index in [0.29, 0.717) is 0 Å². The van der Waals surface area contributed by atoms with E-state index >= 15 is 0 Å². The lowest BCUT2D eigenvalue weighted by atomic mass is 10.2. The number of quaternary nitrogens is 2. The summed E-state index contributed by atoms with van der Waals surface area (Å²) in [6, 6.07) is 1.84. The first-order chi connectivity index (χ1) is 6.97. The molecule has 0 amide bonds. The normalized spacial score (nSPS) is 14.7. The first kappa shape index (κ1) is 11.7. The van der Waals surface area contributed by atoms with Gasteiger partial charge in [0.1, 0.15) is 0 Å². The number of phenols is 1. The van der Waals surface area contributed by atoms with Crippen LogP contribution in [-0.4, -0.2) is 22.6 Å². The minimum Gasteiger partial charge on any atom is -0.595 e. The summed E-state index contributed by atoms with van der Waals surface area (Å²) in [4.78, 5) is 0. The molecule has 15 heavy (non-hydrogen) atoms. The Morgan fingerprint density at radius 1 is 1.20 bits per heavy atom. The largest absolute Gasteiger partial charge is 0.595 e. The molecular formula is C7H10N2O6. The predicted octanol–water partition coefficient (Wildman–Crippen LogP) is -1.79. The molecule has 8 nitrogen and oxygen atoms in total. The Bertz CT molecular complexity index is 354. The molecule has 1 aromatic carbocycles. The van der Waals surface area contributed by atoms with Crippen LogP contribution in [0.15, 0.2) is 12.1 Å². The first-order valence-corrected chi connectivity index (χ1v) is 3.85. The van der Waals surface area contributed by atoms with Crippen molar-refractivity contribution in [3.8, 4) is 11.5 Å². The van der Waals surface area contributed by atoms with Gasteiger partial charge in [0.15, 0.2) is 11.4 Å². The summed E-state index contributed by atoms with van der Waals surface area (Å²) in [5, 5.41) is 45.3. The topological polar surface area (TPSA) is 125 Å². The Morgan fingerprint density at radius 3 is 2.20 bits per heavy atom. The molecule has 0 saturated heterocycles. The van der Waals surface area contributed by atoms with Gasteiger partial charge in [-0.25, -0.2) is 10.4 Å². The molecule has 1 rings (SSSR count). The van der Waals surface area contributed by atoms with E-state index in [-0.39, 0.29) is 11.4 Å². The number of benzene rings is 1. The number of nitrogens with one attached hydrogen (secondary N) is 2. The van der Waals surface area contributed by atoms with Crippen LogP contribution in [0.2, 0.25) is 0 Å². The van der Waals surface area contributed by atoms with Crippen LogP contribution in [0.25, 0.3) is 0 Å². The van der Waals surface area contributed by atoms with Crippen molar-refractivity contribution >= 4 is 11.4 Å². The molecule has 84 valence electrons. The highest BCUT2D eigenvalue weighted by Crippen LogP contribution is 2.33. The van der Waals surface area contributed by atoms with E-state index in [9.17, 15) is 15.5 Å². The molecule has 2 atom stereocenters. The quantitative estimate of drug-likeness (QED) is 0.381. The van der Waals surface area contributed by atoms with E-state index in [1.165, 1.54) is 7.11 Å². The summed E-state index contributed by atoms with van der Waals surface area (Å²) in [7, 11) is 1.18. The molecule has 0 bridgehead atoms. The number of hydrogen-bond acceptors (Lipinski definition) is 6. The van der Waals surface area contributed by atoms with Gasteiger partial charge in [0, 0.05) is 6.07 Å². The number of rotatable bonds is 3. The molecule has 2 unspecified atom stereocenters. The van der Waals surface area contributed by atoms with E-state index in [2.05, 4.69) is 4.74 Å². The van der Waals surface area contributed by atoms with Crippen LogP contribution in [0.1, 0.15) is 0 Å². The number of aromatic hydroxyl groups is 1. The highest BCUT2D eigenvalue weighted by Gasteiger charge is 2.19. The fourth-order valence-corrected chi connectivity index (χ4v) is 1.11. The molecule has 8 heteroatoms. The summed E-state index contributed by atoms with van der Waals surface area (Å²) in [5.41, 5.74) is -0.708. The second-order valence-electron chi connectivity index (χ2n) is 2.69. The third-order valence-corrected chi connectivity index (χ3v) is 1.75. The summed E-state index contributed by atoms with van der Waals surface area (Å²) in [6.45, 7) is 0. The maximum Gasteiger partial charge on any atom is 0.226 e. The molecule has 0 aliphatic heterocycles. The van der Waals surface area contributed by atoms with Crippen molar-refractivity contribution < 1.29 is 30.7 Å². The van der Waals surface area contributed by atoms with Crippen molar-refractivity contribution in [2.75, 3.05) is 7.11 Å². The highest BCUT2D eigenvalue weighted by atomic mass is 16.8. The Labute approximate surface area is 84.2 Å².